The highest BCUT2D eigenvalue weighted by atomic mass is 14.0. The number of hydrogen-bond donors (Lipinski definition) is 0. The van der Waals surface area contributed by atoms with Crippen LogP contribution in [0, 0.1) is 5.92 Å². The van der Waals surface area contributed by atoms with Crippen LogP contribution in [0.15, 0.2) is 29.8 Å². The molecule has 1 aromatic rings. The summed E-state index contributed by atoms with van der Waals surface area (Å²) in [5, 5.41) is 0. The molecule has 0 fully saturated rings. The van der Waals surface area contributed by atoms with Crippen LogP contribution in [0.1, 0.15) is 38.8 Å². The van der Waals surface area contributed by atoms with E-state index in [4.69, 9.17) is 0 Å². The van der Waals surface area contributed by atoms with Crippen molar-refractivity contribution in [2.75, 3.05) is 0 Å². The van der Waals surface area contributed by atoms with Gasteiger partial charge in [0.1, 0.15) is 0 Å². The van der Waals surface area contributed by atoms with Gasteiger partial charge in [-0.1, -0.05) is 49.8 Å². The fourth-order valence-electron chi connectivity index (χ4n) is 1.55. The molecule has 0 heteroatoms. The van der Waals surface area contributed by atoms with Crippen LogP contribution < -0.4 is 0 Å². The molecule has 0 radical (unpaired) electrons. The minimum absolute atomic E-state index is 0.740. The zero-order valence-corrected chi connectivity index (χ0v) is 9.67. The summed E-state index contributed by atoms with van der Waals surface area (Å²) in [6.45, 7) is 8.76. The maximum atomic E-state index is 2.25. The Morgan fingerprint density at radius 2 is 1.71 bits per heavy atom. The average Bonchev–Trinajstić information content (AvgIpc) is 2.06. The van der Waals surface area contributed by atoms with Crippen LogP contribution in [0.4, 0.5) is 0 Å². The van der Waals surface area contributed by atoms with Crippen LogP contribution >= 0.6 is 0 Å². The predicted octanol–water partition coefficient (Wildman–Crippen LogP) is 4.31. The van der Waals surface area contributed by atoms with Crippen LogP contribution in [0.2, 0.25) is 0 Å². The molecule has 0 heterocycles. The highest BCUT2D eigenvalue weighted by molar-refractivity contribution is 5.52. The third-order valence-corrected chi connectivity index (χ3v) is 2.08. The predicted molar refractivity (Wildman–Crippen MR) is 64.3 cm³/mol. The van der Waals surface area contributed by atoms with Gasteiger partial charge in [0.15, 0.2) is 0 Å². The monoisotopic (exact) mass is 188 g/mol. The Hall–Kier alpha value is -1.04. The van der Waals surface area contributed by atoms with E-state index in [1.165, 1.54) is 23.1 Å². The van der Waals surface area contributed by atoms with Gasteiger partial charge in [0.25, 0.3) is 0 Å². The smallest absolute Gasteiger partial charge is 0.0256 e. The van der Waals surface area contributed by atoms with Crippen molar-refractivity contribution in [1.29, 1.82) is 0 Å². The van der Waals surface area contributed by atoms with Crippen molar-refractivity contribution in [2.24, 2.45) is 5.92 Å². The molecule has 0 unspecified atom stereocenters. The lowest BCUT2D eigenvalue weighted by atomic mass is 10.0. The number of allylic oxidation sites excluding steroid dienone is 1. The molecule has 0 amide bonds. The first kappa shape index (κ1) is 11.0. The van der Waals surface area contributed by atoms with Gasteiger partial charge >= 0.3 is 0 Å². The van der Waals surface area contributed by atoms with E-state index in [1.807, 2.05) is 0 Å². The van der Waals surface area contributed by atoms with Crippen molar-refractivity contribution < 1.29 is 0 Å². The van der Waals surface area contributed by atoms with Gasteiger partial charge in [0, 0.05) is 0 Å². The molecule has 0 N–H and O–H groups in total. The van der Waals surface area contributed by atoms with Crippen molar-refractivity contribution in [3.63, 3.8) is 0 Å². The third kappa shape index (κ3) is 3.78. The third-order valence-electron chi connectivity index (χ3n) is 2.08. The Balaban J connectivity index is 2.74. The number of benzene rings is 1. The van der Waals surface area contributed by atoms with Crippen LogP contribution in [-0.4, -0.2) is 0 Å². The highest BCUT2D eigenvalue weighted by Crippen LogP contribution is 2.11. The van der Waals surface area contributed by atoms with Gasteiger partial charge < -0.3 is 0 Å². The molecule has 0 aliphatic rings. The highest BCUT2D eigenvalue weighted by Gasteiger charge is 1.96. The van der Waals surface area contributed by atoms with Crippen LogP contribution in [0.25, 0.3) is 6.08 Å². The second kappa shape index (κ2) is 4.99. The Morgan fingerprint density at radius 1 is 1.14 bits per heavy atom. The van der Waals surface area contributed by atoms with Crippen molar-refractivity contribution >= 4 is 6.08 Å². The Labute approximate surface area is 87.7 Å². The Morgan fingerprint density at radius 3 is 2.14 bits per heavy atom. The fourth-order valence-corrected chi connectivity index (χ4v) is 1.55. The second-order valence-electron chi connectivity index (χ2n) is 4.56. The van der Waals surface area contributed by atoms with Crippen molar-refractivity contribution in [2.45, 2.75) is 34.1 Å². The summed E-state index contributed by atoms with van der Waals surface area (Å²) in [5.74, 6) is 0.740. The molecule has 0 bridgehead atoms. The summed E-state index contributed by atoms with van der Waals surface area (Å²) in [6.07, 6.45) is 3.38. The van der Waals surface area contributed by atoms with Crippen molar-refractivity contribution in [3.05, 3.63) is 41.0 Å². The van der Waals surface area contributed by atoms with Crippen LogP contribution in [0.3, 0.4) is 0 Å². The standard InChI is InChI=1S/C14H20/c1-11(2)9-13-5-7-14(8-6-13)10-12(3)4/h5-9,12H,10H2,1-4H3. The van der Waals surface area contributed by atoms with E-state index in [1.54, 1.807) is 0 Å². The molecular formula is C14H20. The molecule has 0 aromatic heterocycles. The van der Waals surface area contributed by atoms with Gasteiger partial charge in [0.05, 0.1) is 0 Å². The minimum atomic E-state index is 0.740. The first-order valence-electron chi connectivity index (χ1n) is 5.32. The molecular weight excluding hydrogens is 168 g/mol. The van der Waals surface area contributed by atoms with Gasteiger partial charge in [-0.05, 0) is 37.3 Å². The molecule has 0 nitrogen and oxygen atoms in total. The maximum absolute atomic E-state index is 2.25. The van der Waals surface area contributed by atoms with Gasteiger partial charge in [-0.2, -0.15) is 0 Å². The molecule has 0 saturated heterocycles. The zero-order valence-electron chi connectivity index (χ0n) is 9.67. The minimum Gasteiger partial charge on any atom is -0.0758 e. The lowest BCUT2D eigenvalue weighted by Crippen LogP contribution is -1.93. The van der Waals surface area contributed by atoms with E-state index in [9.17, 15) is 0 Å². The van der Waals surface area contributed by atoms with Crippen molar-refractivity contribution in [3.8, 4) is 0 Å². The summed E-state index contributed by atoms with van der Waals surface area (Å²) in [4.78, 5) is 0. The molecule has 1 aromatic carbocycles. The topological polar surface area (TPSA) is 0 Å². The maximum Gasteiger partial charge on any atom is -0.0256 e. The summed E-state index contributed by atoms with van der Waals surface area (Å²) >= 11 is 0. The Bertz CT molecular complexity index is 297. The van der Waals surface area contributed by atoms with Gasteiger partial charge in [-0.15, -0.1) is 0 Å². The fraction of sp³-hybridized carbons (Fsp3) is 0.429. The van der Waals surface area contributed by atoms with Gasteiger partial charge in [0.2, 0.25) is 0 Å². The van der Waals surface area contributed by atoms with Crippen LogP contribution in [-0.2, 0) is 6.42 Å². The summed E-state index contributed by atoms with van der Waals surface area (Å²) in [6, 6.07) is 8.86. The second-order valence-corrected chi connectivity index (χ2v) is 4.56. The van der Waals surface area contributed by atoms with E-state index in [2.05, 4.69) is 58.0 Å². The largest absolute Gasteiger partial charge is 0.0758 e. The molecule has 0 saturated carbocycles. The summed E-state index contributed by atoms with van der Waals surface area (Å²) < 4.78 is 0. The van der Waals surface area contributed by atoms with E-state index in [-0.39, 0.29) is 0 Å². The molecule has 0 aliphatic carbocycles. The molecule has 0 spiro atoms. The van der Waals surface area contributed by atoms with E-state index < -0.39 is 0 Å². The average molecular weight is 188 g/mol. The summed E-state index contributed by atoms with van der Waals surface area (Å²) in [5.41, 5.74) is 4.09. The quantitative estimate of drug-likeness (QED) is 0.663. The molecule has 0 aliphatic heterocycles. The van der Waals surface area contributed by atoms with Gasteiger partial charge in [-0.25, -0.2) is 0 Å². The molecule has 0 atom stereocenters. The van der Waals surface area contributed by atoms with Crippen molar-refractivity contribution in [1.82, 2.24) is 0 Å². The SMILES string of the molecule is CC(C)=Cc1ccc(CC(C)C)cc1. The van der Waals surface area contributed by atoms with E-state index >= 15 is 0 Å². The first-order valence-corrected chi connectivity index (χ1v) is 5.32. The molecule has 76 valence electrons. The Kier molecular flexibility index (Phi) is 3.94. The molecule has 14 heavy (non-hydrogen) atoms. The first-order chi connectivity index (χ1) is 6.58. The van der Waals surface area contributed by atoms with Gasteiger partial charge in [-0.3, -0.25) is 0 Å². The zero-order chi connectivity index (χ0) is 10.6. The van der Waals surface area contributed by atoms with E-state index in [0.29, 0.717) is 0 Å². The lowest BCUT2D eigenvalue weighted by Gasteiger charge is -2.04. The summed E-state index contributed by atoms with van der Waals surface area (Å²) in [7, 11) is 0. The number of hydrogen-bond acceptors (Lipinski definition) is 0. The molecule has 1 rings (SSSR count). The van der Waals surface area contributed by atoms with Crippen LogP contribution in [0.5, 0.6) is 0 Å². The lowest BCUT2D eigenvalue weighted by molar-refractivity contribution is 0.647. The number of rotatable bonds is 3. The normalized spacial score (nSPS) is 10.4. The van der Waals surface area contributed by atoms with E-state index in [0.717, 1.165) is 5.92 Å².